The van der Waals surface area contributed by atoms with E-state index in [1.54, 1.807) is 0 Å². The van der Waals surface area contributed by atoms with E-state index in [0.717, 1.165) is 6.07 Å². The van der Waals surface area contributed by atoms with E-state index in [4.69, 9.17) is 17.3 Å². The van der Waals surface area contributed by atoms with Crippen LogP contribution in [0.1, 0.15) is 12.7 Å². The molecule has 0 saturated carbocycles. The van der Waals surface area contributed by atoms with Crippen molar-refractivity contribution in [2.45, 2.75) is 19.9 Å². The summed E-state index contributed by atoms with van der Waals surface area (Å²) in [4.78, 5) is 26.0. The van der Waals surface area contributed by atoms with Gasteiger partial charge in [0.1, 0.15) is 17.5 Å². The number of amides is 1. The maximum Gasteiger partial charge on any atom is 0.255 e. The van der Waals surface area contributed by atoms with Crippen molar-refractivity contribution >= 4 is 17.5 Å². The van der Waals surface area contributed by atoms with Crippen molar-refractivity contribution in [3.05, 3.63) is 27.4 Å². The molecule has 0 atom stereocenters. The average Bonchev–Trinajstić information content (AvgIpc) is 2.08. The number of hydrogen-bond donors (Lipinski definition) is 1. The second-order valence-electron chi connectivity index (χ2n) is 2.74. The third-order valence-corrected chi connectivity index (χ3v) is 1.88. The summed E-state index contributed by atoms with van der Waals surface area (Å²) in [6.07, 6.45) is 0.517. The number of hydrogen-bond acceptors (Lipinski definition) is 3. The van der Waals surface area contributed by atoms with E-state index >= 15 is 0 Å². The third-order valence-electron chi connectivity index (χ3n) is 1.69. The highest BCUT2D eigenvalue weighted by Crippen LogP contribution is 2.02. The molecule has 0 aliphatic carbocycles. The van der Waals surface area contributed by atoms with Crippen molar-refractivity contribution in [1.29, 1.82) is 0 Å². The van der Waals surface area contributed by atoms with Crippen LogP contribution in [0.2, 0.25) is 5.15 Å². The summed E-state index contributed by atoms with van der Waals surface area (Å²) in [5, 5.41) is 0.132. The zero-order valence-corrected chi connectivity index (χ0v) is 8.41. The number of halogens is 1. The Balaban J connectivity index is 3.25. The predicted molar refractivity (Wildman–Crippen MR) is 52.1 cm³/mol. The van der Waals surface area contributed by atoms with Gasteiger partial charge in [-0.15, -0.1) is 0 Å². The molecule has 2 N–H and O–H groups in total. The van der Waals surface area contributed by atoms with Gasteiger partial charge in [0, 0.05) is 12.5 Å². The fourth-order valence-corrected chi connectivity index (χ4v) is 1.31. The van der Waals surface area contributed by atoms with Gasteiger partial charge in [0.05, 0.1) is 0 Å². The van der Waals surface area contributed by atoms with Crippen molar-refractivity contribution in [3.8, 4) is 0 Å². The zero-order chi connectivity index (χ0) is 10.7. The van der Waals surface area contributed by atoms with Crippen LogP contribution in [-0.2, 0) is 17.8 Å². The Morgan fingerprint density at radius 3 is 2.86 bits per heavy atom. The van der Waals surface area contributed by atoms with E-state index in [0.29, 0.717) is 12.2 Å². The topological polar surface area (TPSA) is 78.0 Å². The van der Waals surface area contributed by atoms with Crippen molar-refractivity contribution in [3.63, 3.8) is 0 Å². The molecule has 0 aliphatic rings. The summed E-state index contributed by atoms with van der Waals surface area (Å²) in [5.41, 5.74) is 4.64. The van der Waals surface area contributed by atoms with Crippen LogP contribution in [0, 0.1) is 0 Å². The minimum atomic E-state index is -0.578. The Morgan fingerprint density at radius 1 is 1.71 bits per heavy atom. The van der Waals surface area contributed by atoms with E-state index in [-0.39, 0.29) is 17.3 Å². The largest absolute Gasteiger partial charge is 0.368 e. The Labute approximate surface area is 85.5 Å². The molecular formula is C8H10ClN3O2. The average molecular weight is 216 g/mol. The number of nitrogens with zero attached hydrogens (tertiary/aromatic N) is 2. The lowest BCUT2D eigenvalue weighted by Gasteiger charge is -2.07. The molecule has 0 bridgehead atoms. The van der Waals surface area contributed by atoms with Crippen LogP contribution in [0.5, 0.6) is 0 Å². The summed E-state index contributed by atoms with van der Waals surface area (Å²) in [6.45, 7) is 1.65. The molecule has 0 radical (unpaired) electrons. The summed E-state index contributed by atoms with van der Waals surface area (Å²) in [5.74, 6) is -0.118. The lowest BCUT2D eigenvalue weighted by atomic mass is 10.4. The van der Waals surface area contributed by atoms with Crippen LogP contribution in [-0.4, -0.2) is 15.5 Å². The van der Waals surface area contributed by atoms with Crippen LogP contribution in [0.25, 0.3) is 0 Å². The summed E-state index contributed by atoms with van der Waals surface area (Å²) in [6, 6.07) is 1.16. The highest BCUT2D eigenvalue weighted by molar-refractivity contribution is 6.29. The van der Waals surface area contributed by atoms with E-state index in [2.05, 4.69) is 4.98 Å². The lowest BCUT2D eigenvalue weighted by Crippen LogP contribution is -2.30. The number of aromatic nitrogens is 2. The normalized spacial score (nSPS) is 10.1. The Kier molecular flexibility index (Phi) is 3.24. The number of carbonyl (C=O) groups is 1. The van der Waals surface area contributed by atoms with Crippen LogP contribution in [0.4, 0.5) is 0 Å². The highest BCUT2D eigenvalue weighted by atomic mass is 35.5. The summed E-state index contributed by atoms with van der Waals surface area (Å²) >= 11 is 5.60. The van der Waals surface area contributed by atoms with E-state index < -0.39 is 5.91 Å². The minimum Gasteiger partial charge on any atom is -0.368 e. The van der Waals surface area contributed by atoms with Gasteiger partial charge < -0.3 is 5.73 Å². The first-order valence-corrected chi connectivity index (χ1v) is 4.47. The van der Waals surface area contributed by atoms with Crippen LogP contribution in [0.15, 0.2) is 10.9 Å². The highest BCUT2D eigenvalue weighted by Gasteiger charge is 2.07. The fraction of sp³-hybridized carbons (Fsp3) is 0.375. The van der Waals surface area contributed by atoms with Gasteiger partial charge in [-0.1, -0.05) is 18.5 Å². The second-order valence-corrected chi connectivity index (χ2v) is 3.13. The number of nitrogens with two attached hydrogens (primary N) is 1. The molecule has 14 heavy (non-hydrogen) atoms. The molecule has 0 aliphatic heterocycles. The van der Waals surface area contributed by atoms with E-state index in [1.165, 1.54) is 4.57 Å². The molecule has 0 spiro atoms. The molecule has 0 unspecified atom stereocenters. The molecule has 1 rings (SSSR count). The molecular weight excluding hydrogens is 206 g/mol. The lowest BCUT2D eigenvalue weighted by molar-refractivity contribution is -0.118. The van der Waals surface area contributed by atoms with Gasteiger partial charge in [-0.05, 0) is 0 Å². The molecule has 76 valence electrons. The quantitative estimate of drug-likeness (QED) is 0.718. The van der Waals surface area contributed by atoms with Crippen LogP contribution >= 0.6 is 11.6 Å². The molecule has 6 heteroatoms. The number of aryl methyl sites for hydroxylation is 1. The second kappa shape index (κ2) is 4.23. The van der Waals surface area contributed by atoms with Gasteiger partial charge in [0.15, 0.2) is 0 Å². The summed E-state index contributed by atoms with van der Waals surface area (Å²) in [7, 11) is 0. The number of carbonyl (C=O) groups excluding carboxylic acids is 1. The van der Waals surface area contributed by atoms with Gasteiger partial charge in [0.2, 0.25) is 5.91 Å². The van der Waals surface area contributed by atoms with Gasteiger partial charge in [-0.2, -0.15) is 0 Å². The smallest absolute Gasteiger partial charge is 0.255 e. The summed E-state index contributed by atoms with van der Waals surface area (Å²) < 4.78 is 1.22. The first-order chi connectivity index (χ1) is 6.54. The Morgan fingerprint density at radius 2 is 2.36 bits per heavy atom. The van der Waals surface area contributed by atoms with Gasteiger partial charge >= 0.3 is 0 Å². The number of rotatable bonds is 3. The van der Waals surface area contributed by atoms with Crippen LogP contribution < -0.4 is 11.3 Å². The molecule has 0 saturated heterocycles. The molecule has 1 amide bonds. The Bertz CT molecular complexity index is 414. The number of primary amides is 1. The van der Waals surface area contributed by atoms with Gasteiger partial charge in [0.25, 0.3) is 5.56 Å². The molecule has 1 aromatic rings. The maximum absolute atomic E-state index is 11.4. The standard InChI is InChI=1S/C8H10ClN3O2/c1-2-7-11-5(9)3-8(14)12(7)4-6(10)13/h3H,2,4H2,1H3,(H2,10,13). The SMILES string of the molecule is CCc1nc(Cl)cc(=O)n1CC(N)=O. The Hall–Kier alpha value is -1.36. The fourth-order valence-electron chi connectivity index (χ4n) is 1.12. The van der Waals surface area contributed by atoms with Crippen molar-refractivity contribution in [2.24, 2.45) is 5.73 Å². The van der Waals surface area contributed by atoms with E-state index in [1.807, 2.05) is 6.92 Å². The first-order valence-electron chi connectivity index (χ1n) is 4.09. The van der Waals surface area contributed by atoms with Gasteiger partial charge in [-0.3, -0.25) is 14.2 Å². The van der Waals surface area contributed by atoms with Gasteiger partial charge in [-0.25, -0.2) is 4.98 Å². The van der Waals surface area contributed by atoms with Crippen molar-refractivity contribution < 1.29 is 4.79 Å². The third kappa shape index (κ3) is 2.32. The molecule has 5 nitrogen and oxygen atoms in total. The van der Waals surface area contributed by atoms with Crippen LogP contribution in [0.3, 0.4) is 0 Å². The predicted octanol–water partition coefficient (Wildman–Crippen LogP) is -0.0556. The molecule has 0 aromatic carbocycles. The maximum atomic E-state index is 11.4. The van der Waals surface area contributed by atoms with Crippen molar-refractivity contribution in [2.75, 3.05) is 0 Å². The van der Waals surface area contributed by atoms with E-state index in [9.17, 15) is 9.59 Å². The monoisotopic (exact) mass is 215 g/mol. The zero-order valence-electron chi connectivity index (χ0n) is 7.66. The first kappa shape index (κ1) is 10.7. The van der Waals surface area contributed by atoms with Crippen molar-refractivity contribution in [1.82, 2.24) is 9.55 Å². The minimum absolute atomic E-state index is 0.132. The molecule has 0 fully saturated rings. The molecule has 1 aromatic heterocycles. The molecule has 1 heterocycles.